The molecule has 2 rings (SSSR count). The van der Waals surface area contributed by atoms with Gasteiger partial charge < -0.3 is 10.6 Å². The molecule has 0 aromatic heterocycles. The van der Waals surface area contributed by atoms with Crippen molar-refractivity contribution in [2.24, 2.45) is 10.9 Å². The Morgan fingerprint density at radius 1 is 1.20 bits per heavy atom. The van der Waals surface area contributed by atoms with Crippen LogP contribution in [0.25, 0.3) is 0 Å². The third-order valence-electron chi connectivity index (χ3n) is 4.02. The second-order valence-corrected chi connectivity index (χ2v) is 6.33. The molecule has 0 bridgehead atoms. The minimum Gasteiger partial charge on any atom is -0.356 e. The van der Waals surface area contributed by atoms with Crippen LogP contribution in [0.5, 0.6) is 0 Å². The molecule has 0 radical (unpaired) electrons. The Hall–Kier alpha value is -1.51. The van der Waals surface area contributed by atoms with Crippen molar-refractivity contribution >= 4 is 5.96 Å². The van der Waals surface area contributed by atoms with Crippen LogP contribution in [0.4, 0.5) is 0 Å². The normalized spacial score (nSPS) is 16.1. The van der Waals surface area contributed by atoms with Crippen LogP contribution in [0, 0.1) is 5.92 Å². The Balaban J connectivity index is 1.79. The molecule has 1 aliphatic carbocycles. The first kappa shape index (κ1) is 14.9. The lowest BCUT2D eigenvalue weighted by Crippen LogP contribution is -2.43. The maximum absolute atomic E-state index is 4.30. The fourth-order valence-corrected chi connectivity index (χ4v) is 2.32. The quantitative estimate of drug-likeness (QED) is 0.617. The molecule has 2 N–H and O–H groups in total. The van der Waals surface area contributed by atoms with E-state index in [2.05, 4.69) is 59.8 Å². The van der Waals surface area contributed by atoms with Crippen molar-refractivity contribution < 1.29 is 0 Å². The van der Waals surface area contributed by atoms with Gasteiger partial charge in [0.2, 0.25) is 0 Å². The topological polar surface area (TPSA) is 36.4 Å². The van der Waals surface area contributed by atoms with Crippen molar-refractivity contribution in [3.63, 3.8) is 0 Å². The van der Waals surface area contributed by atoms with Gasteiger partial charge in [-0.3, -0.25) is 4.99 Å². The summed E-state index contributed by atoms with van der Waals surface area (Å²) in [7, 11) is 1.84. The van der Waals surface area contributed by atoms with Crippen molar-refractivity contribution in [3.8, 4) is 0 Å². The average Bonchev–Trinajstić information content (AvgIpc) is 3.28. The molecule has 0 aliphatic heterocycles. The van der Waals surface area contributed by atoms with Gasteiger partial charge in [-0.25, -0.2) is 0 Å². The van der Waals surface area contributed by atoms with Gasteiger partial charge in [0.05, 0.1) is 0 Å². The van der Waals surface area contributed by atoms with Gasteiger partial charge in [0.1, 0.15) is 0 Å². The molecule has 1 saturated carbocycles. The van der Waals surface area contributed by atoms with Gasteiger partial charge in [-0.1, -0.05) is 57.0 Å². The molecule has 1 aromatic carbocycles. The molecular weight excluding hydrogens is 246 g/mol. The zero-order valence-electron chi connectivity index (χ0n) is 12.9. The highest BCUT2D eigenvalue weighted by Gasteiger charge is 2.22. The zero-order valence-corrected chi connectivity index (χ0v) is 12.9. The Bertz CT molecular complexity index is 433. The number of benzene rings is 1. The van der Waals surface area contributed by atoms with Gasteiger partial charge in [-0.2, -0.15) is 0 Å². The van der Waals surface area contributed by atoms with Crippen LogP contribution < -0.4 is 10.6 Å². The van der Waals surface area contributed by atoms with E-state index in [0.29, 0.717) is 0 Å². The predicted molar refractivity (Wildman–Crippen MR) is 86.2 cm³/mol. The minimum atomic E-state index is 0.0926. The first-order valence-corrected chi connectivity index (χ1v) is 7.62. The van der Waals surface area contributed by atoms with Gasteiger partial charge in [0.15, 0.2) is 5.96 Å². The van der Waals surface area contributed by atoms with E-state index in [1.165, 1.54) is 24.8 Å². The van der Waals surface area contributed by atoms with E-state index in [9.17, 15) is 0 Å². The van der Waals surface area contributed by atoms with E-state index in [0.717, 1.165) is 25.0 Å². The summed E-state index contributed by atoms with van der Waals surface area (Å²) in [6.07, 6.45) is 4.09. The fraction of sp³-hybridized carbons (Fsp3) is 0.588. The summed E-state index contributed by atoms with van der Waals surface area (Å²) in [6, 6.07) is 10.6. The second-order valence-electron chi connectivity index (χ2n) is 6.33. The maximum atomic E-state index is 4.30. The van der Waals surface area contributed by atoms with Crippen LogP contribution in [0.3, 0.4) is 0 Å². The zero-order chi connectivity index (χ0) is 14.4. The first-order valence-electron chi connectivity index (χ1n) is 7.62. The van der Waals surface area contributed by atoms with Gasteiger partial charge in [-0.15, -0.1) is 0 Å². The highest BCUT2D eigenvalue weighted by atomic mass is 15.2. The lowest BCUT2D eigenvalue weighted by molar-refractivity contribution is 0.508. The molecule has 1 fully saturated rings. The number of aliphatic imine (C=N–C) groups is 1. The predicted octanol–water partition coefficient (Wildman–Crippen LogP) is 2.93. The van der Waals surface area contributed by atoms with Crippen molar-refractivity contribution in [1.82, 2.24) is 10.6 Å². The average molecular weight is 273 g/mol. The fourth-order valence-electron chi connectivity index (χ4n) is 2.32. The van der Waals surface area contributed by atoms with Gasteiger partial charge in [-0.05, 0) is 17.9 Å². The number of nitrogens with zero attached hydrogens (tertiary/aromatic N) is 1. The van der Waals surface area contributed by atoms with Crippen molar-refractivity contribution in [2.75, 3.05) is 20.1 Å². The molecule has 3 heteroatoms. The smallest absolute Gasteiger partial charge is 0.191 e. The number of guanidine groups is 1. The Labute approximate surface area is 122 Å². The monoisotopic (exact) mass is 273 g/mol. The number of hydrogen-bond acceptors (Lipinski definition) is 1. The molecule has 0 unspecified atom stereocenters. The van der Waals surface area contributed by atoms with Crippen LogP contribution in [0.15, 0.2) is 35.3 Å². The van der Waals surface area contributed by atoms with E-state index in [1.54, 1.807) is 0 Å². The van der Waals surface area contributed by atoms with Crippen LogP contribution in [0.2, 0.25) is 0 Å². The summed E-state index contributed by atoms with van der Waals surface area (Å²) in [6.45, 7) is 6.41. The summed E-state index contributed by atoms with van der Waals surface area (Å²) in [5.74, 6) is 1.87. The molecule has 110 valence electrons. The van der Waals surface area contributed by atoms with Gasteiger partial charge in [0.25, 0.3) is 0 Å². The van der Waals surface area contributed by atoms with Gasteiger partial charge >= 0.3 is 0 Å². The molecule has 0 heterocycles. The van der Waals surface area contributed by atoms with E-state index < -0.39 is 0 Å². The van der Waals surface area contributed by atoms with Crippen LogP contribution >= 0.6 is 0 Å². The summed E-state index contributed by atoms with van der Waals surface area (Å²) in [5, 5.41) is 6.84. The summed E-state index contributed by atoms with van der Waals surface area (Å²) in [5.41, 5.74) is 1.44. The van der Waals surface area contributed by atoms with Crippen molar-refractivity contribution in [2.45, 2.75) is 38.5 Å². The third kappa shape index (κ3) is 4.55. The van der Waals surface area contributed by atoms with E-state index in [4.69, 9.17) is 0 Å². The van der Waals surface area contributed by atoms with E-state index in [1.807, 2.05) is 7.05 Å². The van der Waals surface area contributed by atoms with E-state index >= 15 is 0 Å². The molecule has 0 atom stereocenters. The molecule has 0 amide bonds. The molecule has 0 saturated heterocycles. The van der Waals surface area contributed by atoms with Crippen LogP contribution in [-0.4, -0.2) is 26.1 Å². The Kier molecular flexibility index (Phi) is 5.05. The van der Waals surface area contributed by atoms with Crippen molar-refractivity contribution in [3.05, 3.63) is 35.9 Å². The highest BCUT2D eigenvalue weighted by Crippen LogP contribution is 2.31. The molecule has 0 spiro atoms. The lowest BCUT2D eigenvalue weighted by atomic mass is 9.85. The molecule has 3 nitrogen and oxygen atoms in total. The molecular formula is C17H27N3. The number of nitrogens with one attached hydrogen (secondary N) is 2. The number of hydrogen-bond donors (Lipinski definition) is 2. The summed E-state index contributed by atoms with van der Waals surface area (Å²) < 4.78 is 0. The van der Waals surface area contributed by atoms with Crippen molar-refractivity contribution in [1.29, 1.82) is 0 Å². The maximum Gasteiger partial charge on any atom is 0.191 e. The van der Waals surface area contributed by atoms with Crippen LogP contribution in [-0.2, 0) is 5.41 Å². The Morgan fingerprint density at radius 3 is 2.50 bits per heavy atom. The first-order chi connectivity index (χ1) is 9.62. The molecule has 1 aromatic rings. The van der Waals surface area contributed by atoms with Crippen LogP contribution in [0.1, 0.15) is 38.7 Å². The SMILES string of the molecule is CN=C(NCCC1CC1)NCC(C)(C)c1ccccc1. The highest BCUT2D eigenvalue weighted by molar-refractivity contribution is 5.79. The molecule has 20 heavy (non-hydrogen) atoms. The third-order valence-corrected chi connectivity index (χ3v) is 4.02. The largest absolute Gasteiger partial charge is 0.356 e. The standard InChI is InChI=1S/C17H27N3/c1-17(2,15-7-5-4-6-8-15)13-20-16(18-3)19-12-11-14-9-10-14/h4-8,14H,9-13H2,1-3H3,(H2,18,19,20). The van der Waals surface area contributed by atoms with Gasteiger partial charge in [0, 0.05) is 25.6 Å². The summed E-state index contributed by atoms with van der Waals surface area (Å²) in [4.78, 5) is 4.30. The number of rotatable bonds is 6. The minimum absolute atomic E-state index is 0.0926. The Morgan fingerprint density at radius 2 is 1.90 bits per heavy atom. The summed E-state index contributed by atoms with van der Waals surface area (Å²) >= 11 is 0. The second kappa shape index (κ2) is 6.78. The van der Waals surface area contributed by atoms with E-state index in [-0.39, 0.29) is 5.41 Å². The lowest BCUT2D eigenvalue weighted by Gasteiger charge is -2.26. The molecule has 1 aliphatic rings.